The van der Waals surface area contributed by atoms with Crippen LogP contribution in [-0.4, -0.2) is 19.6 Å². The molecular formula is C7H20N2. The topological polar surface area (TPSA) is 38.0 Å². The van der Waals surface area contributed by atoms with Gasteiger partial charge in [0.15, 0.2) is 0 Å². The fraction of sp³-hybridized carbons (Fsp3) is 1.00. The molecule has 0 saturated heterocycles. The van der Waals surface area contributed by atoms with Crippen LogP contribution in [0.25, 0.3) is 0 Å². The lowest BCUT2D eigenvalue weighted by atomic mass is 10.2. The van der Waals surface area contributed by atoms with Crippen LogP contribution in [0.1, 0.15) is 27.2 Å². The van der Waals surface area contributed by atoms with E-state index in [0.29, 0.717) is 6.04 Å². The molecule has 0 bridgehead atoms. The first-order valence-corrected chi connectivity index (χ1v) is 3.71. The van der Waals surface area contributed by atoms with Crippen LogP contribution in [0.2, 0.25) is 0 Å². The summed E-state index contributed by atoms with van der Waals surface area (Å²) < 4.78 is 0. The second kappa shape index (κ2) is 10.8. The summed E-state index contributed by atoms with van der Waals surface area (Å²) in [5.74, 6) is 0. The number of likely N-dealkylation sites (N-methyl/N-ethyl adjacent to an activating group) is 1. The van der Waals surface area contributed by atoms with Crippen molar-refractivity contribution in [2.75, 3.05) is 13.6 Å². The fourth-order valence-corrected chi connectivity index (χ4v) is 0.407. The van der Waals surface area contributed by atoms with Crippen molar-refractivity contribution in [3.8, 4) is 0 Å². The Hall–Kier alpha value is -0.0800. The predicted molar refractivity (Wildman–Crippen MR) is 43.5 cm³/mol. The quantitative estimate of drug-likeness (QED) is 0.600. The molecule has 1 unspecified atom stereocenters. The Balaban J connectivity index is 0. The van der Waals surface area contributed by atoms with Crippen molar-refractivity contribution < 1.29 is 0 Å². The third-order valence-corrected chi connectivity index (χ3v) is 0.991. The van der Waals surface area contributed by atoms with Crippen LogP contribution >= 0.6 is 0 Å². The van der Waals surface area contributed by atoms with Crippen LogP contribution < -0.4 is 11.1 Å². The van der Waals surface area contributed by atoms with Gasteiger partial charge in [-0.05, 0) is 13.5 Å². The molecule has 0 heterocycles. The molecule has 1 atom stereocenters. The van der Waals surface area contributed by atoms with E-state index in [1.807, 2.05) is 20.9 Å². The molecule has 0 rings (SSSR count). The molecule has 0 spiro atoms. The summed E-state index contributed by atoms with van der Waals surface area (Å²) >= 11 is 0. The van der Waals surface area contributed by atoms with Crippen LogP contribution in [0.15, 0.2) is 0 Å². The third-order valence-electron chi connectivity index (χ3n) is 0.991. The first-order chi connectivity index (χ1) is 4.31. The van der Waals surface area contributed by atoms with E-state index in [1.54, 1.807) is 0 Å². The summed E-state index contributed by atoms with van der Waals surface area (Å²) in [6.45, 7) is 7.01. The van der Waals surface area contributed by atoms with Crippen molar-refractivity contribution in [3.63, 3.8) is 0 Å². The Bertz CT molecular complexity index is 37.9. The molecule has 0 aliphatic heterocycles. The van der Waals surface area contributed by atoms with Crippen molar-refractivity contribution in [2.45, 2.75) is 33.2 Å². The highest BCUT2D eigenvalue weighted by Crippen LogP contribution is 1.79. The first-order valence-electron chi connectivity index (χ1n) is 3.71. The third kappa shape index (κ3) is 11.5. The number of nitrogens with two attached hydrogens (primary N) is 1. The number of hydrogen-bond acceptors (Lipinski definition) is 2. The Morgan fingerprint density at radius 3 is 2.00 bits per heavy atom. The van der Waals surface area contributed by atoms with E-state index in [-0.39, 0.29) is 0 Å². The van der Waals surface area contributed by atoms with Crippen LogP contribution in [0.4, 0.5) is 0 Å². The highest BCUT2D eigenvalue weighted by atomic mass is 14.9. The molecule has 0 aliphatic rings. The molecule has 58 valence electrons. The van der Waals surface area contributed by atoms with Gasteiger partial charge in [-0.1, -0.05) is 20.8 Å². The standard InChI is InChI=1S/C5H14N2.C2H6/c1-3-5(6)4-7-2;1-2/h5,7H,3-4,6H2,1-2H3;1-2H3. The number of nitrogens with one attached hydrogen (secondary N) is 1. The molecule has 0 amide bonds. The summed E-state index contributed by atoms with van der Waals surface area (Å²) in [7, 11) is 1.91. The van der Waals surface area contributed by atoms with Crippen molar-refractivity contribution in [2.24, 2.45) is 5.73 Å². The molecule has 0 fully saturated rings. The van der Waals surface area contributed by atoms with Gasteiger partial charge in [0.2, 0.25) is 0 Å². The summed E-state index contributed by atoms with van der Waals surface area (Å²) in [5, 5.41) is 2.99. The zero-order chi connectivity index (χ0) is 7.70. The highest BCUT2D eigenvalue weighted by Gasteiger charge is 1.92. The zero-order valence-corrected chi connectivity index (χ0v) is 7.07. The maximum absolute atomic E-state index is 5.52. The molecule has 0 radical (unpaired) electrons. The lowest BCUT2D eigenvalue weighted by molar-refractivity contribution is 0.602. The van der Waals surface area contributed by atoms with Gasteiger partial charge in [0.1, 0.15) is 0 Å². The van der Waals surface area contributed by atoms with Gasteiger partial charge in [-0.3, -0.25) is 0 Å². The summed E-state index contributed by atoms with van der Waals surface area (Å²) in [6.07, 6.45) is 1.06. The molecule has 2 nitrogen and oxygen atoms in total. The van der Waals surface area contributed by atoms with Crippen LogP contribution in [0, 0.1) is 0 Å². The predicted octanol–water partition coefficient (Wildman–Crippen LogP) is 0.969. The Kier molecular flexibility index (Phi) is 14.0. The lowest BCUT2D eigenvalue weighted by Gasteiger charge is -2.04. The summed E-state index contributed by atoms with van der Waals surface area (Å²) in [6, 6.07) is 0.338. The summed E-state index contributed by atoms with van der Waals surface area (Å²) in [5.41, 5.74) is 5.52. The molecule has 0 aromatic heterocycles. The van der Waals surface area contributed by atoms with E-state index in [2.05, 4.69) is 12.2 Å². The van der Waals surface area contributed by atoms with Crippen molar-refractivity contribution in [1.82, 2.24) is 5.32 Å². The van der Waals surface area contributed by atoms with Crippen molar-refractivity contribution >= 4 is 0 Å². The highest BCUT2D eigenvalue weighted by molar-refractivity contribution is 4.58. The van der Waals surface area contributed by atoms with Crippen molar-refractivity contribution in [1.29, 1.82) is 0 Å². The van der Waals surface area contributed by atoms with E-state index in [1.165, 1.54) is 0 Å². The van der Waals surface area contributed by atoms with Crippen molar-refractivity contribution in [3.05, 3.63) is 0 Å². The molecule has 9 heavy (non-hydrogen) atoms. The Labute approximate surface area is 58.8 Å². The molecule has 3 N–H and O–H groups in total. The smallest absolute Gasteiger partial charge is 0.0162 e. The maximum Gasteiger partial charge on any atom is 0.0162 e. The molecule has 0 aromatic carbocycles. The van der Waals surface area contributed by atoms with E-state index in [0.717, 1.165) is 13.0 Å². The molecule has 0 aliphatic carbocycles. The van der Waals surface area contributed by atoms with Gasteiger partial charge in [-0.25, -0.2) is 0 Å². The average Bonchev–Trinajstić information content (AvgIpc) is 1.93. The number of hydrogen-bond donors (Lipinski definition) is 2. The van der Waals surface area contributed by atoms with E-state index in [9.17, 15) is 0 Å². The van der Waals surface area contributed by atoms with Gasteiger partial charge < -0.3 is 11.1 Å². The molecular weight excluding hydrogens is 112 g/mol. The molecule has 0 saturated carbocycles. The minimum Gasteiger partial charge on any atom is -0.327 e. The van der Waals surface area contributed by atoms with Gasteiger partial charge in [-0.2, -0.15) is 0 Å². The summed E-state index contributed by atoms with van der Waals surface area (Å²) in [4.78, 5) is 0. The largest absolute Gasteiger partial charge is 0.327 e. The Morgan fingerprint density at radius 2 is 1.89 bits per heavy atom. The van der Waals surface area contributed by atoms with Gasteiger partial charge in [0.25, 0.3) is 0 Å². The van der Waals surface area contributed by atoms with E-state index < -0.39 is 0 Å². The van der Waals surface area contributed by atoms with E-state index >= 15 is 0 Å². The van der Waals surface area contributed by atoms with Gasteiger partial charge in [-0.15, -0.1) is 0 Å². The van der Waals surface area contributed by atoms with Crippen LogP contribution in [-0.2, 0) is 0 Å². The van der Waals surface area contributed by atoms with E-state index in [4.69, 9.17) is 5.73 Å². The second-order valence-corrected chi connectivity index (χ2v) is 1.73. The number of rotatable bonds is 3. The zero-order valence-electron chi connectivity index (χ0n) is 7.07. The minimum atomic E-state index is 0.338. The monoisotopic (exact) mass is 132 g/mol. The normalized spacial score (nSPS) is 11.7. The fourth-order valence-electron chi connectivity index (χ4n) is 0.407. The van der Waals surface area contributed by atoms with Crippen LogP contribution in [0.3, 0.4) is 0 Å². The second-order valence-electron chi connectivity index (χ2n) is 1.73. The SMILES string of the molecule is CC.CCC(N)CNC. The lowest BCUT2D eigenvalue weighted by Crippen LogP contribution is -2.30. The molecule has 0 aromatic rings. The average molecular weight is 132 g/mol. The van der Waals surface area contributed by atoms with Crippen LogP contribution in [0.5, 0.6) is 0 Å². The van der Waals surface area contributed by atoms with Gasteiger partial charge >= 0.3 is 0 Å². The maximum atomic E-state index is 5.52. The van der Waals surface area contributed by atoms with Gasteiger partial charge in [0.05, 0.1) is 0 Å². The first kappa shape index (κ1) is 11.7. The minimum absolute atomic E-state index is 0.338. The van der Waals surface area contributed by atoms with Gasteiger partial charge in [0, 0.05) is 12.6 Å². The molecule has 2 heteroatoms. The Morgan fingerprint density at radius 1 is 1.44 bits per heavy atom.